The minimum absolute atomic E-state index is 0.0545. The average Bonchev–Trinajstić information content (AvgIpc) is 2.38. The molecule has 1 heterocycles. The van der Waals surface area contributed by atoms with Gasteiger partial charge >= 0.3 is 0 Å². The largest absolute Gasteiger partial charge is 0.399 e. The maximum absolute atomic E-state index is 13.4. The zero-order chi connectivity index (χ0) is 13.8. The number of benzene rings is 1. The minimum atomic E-state index is -0.780. The van der Waals surface area contributed by atoms with E-state index in [1.807, 2.05) is 0 Å². The lowest BCUT2D eigenvalue weighted by Crippen LogP contribution is -2.14. The Morgan fingerprint density at radius 1 is 1.37 bits per heavy atom. The van der Waals surface area contributed by atoms with Crippen LogP contribution in [0.3, 0.4) is 0 Å². The summed E-state index contributed by atoms with van der Waals surface area (Å²) in [4.78, 5) is 3.81. The van der Waals surface area contributed by atoms with Crippen LogP contribution in [0.25, 0.3) is 0 Å². The molecule has 0 aliphatic rings. The fourth-order valence-corrected chi connectivity index (χ4v) is 1.72. The van der Waals surface area contributed by atoms with Crippen LogP contribution in [0, 0.1) is 5.82 Å². The van der Waals surface area contributed by atoms with Crippen LogP contribution in [-0.2, 0) is 0 Å². The Hall–Kier alpha value is -1.85. The van der Waals surface area contributed by atoms with Gasteiger partial charge < -0.3 is 16.2 Å². The van der Waals surface area contributed by atoms with Crippen molar-refractivity contribution in [1.82, 2.24) is 4.98 Å². The van der Waals surface area contributed by atoms with Crippen LogP contribution in [0.4, 0.5) is 15.9 Å². The molecule has 1 atom stereocenters. The zero-order valence-corrected chi connectivity index (χ0v) is 10.7. The number of anilines is 2. The molecule has 0 spiro atoms. The fraction of sp³-hybridized carbons (Fsp3) is 0.154. The summed E-state index contributed by atoms with van der Waals surface area (Å²) in [5.41, 5.74) is 6.87. The van der Waals surface area contributed by atoms with E-state index in [1.54, 1.807) is 24.3 Å². The maximum atomic E-state index is 13.4. The summed E-state index contributed by atoms with van der Waals surface area (Å²) in [5.74, 6) is -0.504. The third kappa shape index (κ3) is 3.56. The van der Waals surface area contributed by atoms with Crippen LogP contribution in [0.2, 0.25) is 5.02 Å². The van der Waals surface area contributed by atoms with Gasteiger partial charge in [-0.3, -0.25) is 0 Å². The van der Waals surface area contributed by atoms with E-state index in [0.29, 0.717) is 11.3 Å². The molecular weight excluding hydrogens is 269 g/mol. The highest BCUT2D eigenvalue weighted by atomic mass is 35.5. The van der Waals surface area contributed by atoms with Crippen LogP contribution in [0.1, 0.15) is 11.7 Å². The first-order chi connectivity index (χ1) is 9.06. The molecule has 0 fully saturated rings. The van der Waals surface area contributed by atoms with Crippen molar-refractivity contribution in [2.24, 2.45) is 0 Å². The van der Waals surface area contributed by atoms with Crippen molar-refractivity contribution >= 4 is 23.1 Å². The van der Waals surface area contributed by atoms with Crippen molar-refractivity contribution in [3.63, 3.8) is 0 Å². The zero-order valence-electron chi connectivity index (χ0n) is 9.98. The van der Waals surface area contributed by atoms with Gasteiger partial charge in [0.2, 0.25) is 0 Å². The van der Waals surface area contributed by atoms with Gasteiger partial charge in [-0.05, 0) is 23.8 Å². The first-order valence-electron chi connectivity index (χ1n) is 5.64. The molecule has 1 aromatic carbocycles. The lowest BCUT2D eigenvalue weighted by Gasteiger charge is -2.13. The molecule has 0 bridgehead atoms. The Kier molecular flexibility index (Phi) is 4.19. The van der Waals surface area contributed by atoms with E-state index in [4.69, 9.17) is 17.3 Å². The van der Waals surface area contributed by atoms with Crippen LogP contribution >= 0.6 is 11.6 Å². The predicted molar refractivity (Wildman–Crippen MR) is 73.5 cm³/mol. The van der Waals surface area contributed by atoms with Crippen molar-refractivity contribution in [3.8, 4) is 0 Å². The molecule has 1 aromatic heterocycles. The van der Waals surface area contributed by atoms with Crippen molar-refractivity contribution < 1.29 is 9.50 Å². The van der Waals surface area contributed by atoms with Gasteiger partial charge in [-0.25, -0.2) is 9.37 Å². The molecule has 0 saturated carbocycles. The van der Waals surface area contributed by atoms with Crippen molar-refractivity contribution in [1.29, 1.82) is 0 Å². The number of nitrogen functional groups attached to an aromatic ring is 1. The molecule has 0 amide bonds. The molecule has 0 aliphatic heterocycles. The van der Waals surface area contributed by atoms with Crippen LogP contribution in [0.5, 0.6) is 0 Å². The average molecular weight is 282 g/mol. The number of hydrogen-bond donors (Lipinski definition) is 3. The van der Waals surface area contributed by atoms with E-state index in [-0.39, 0.29) is 17.4 Å². The van der Waals surface area contributed by atoms with E-state index < -0.39 is 11.9 Å². The lowest BCUT2D eigenvalue weighted by atomic mass is 10.1. The van der Waals surface area contributed by atoms with Gasteiger partial charge in [0.1, 0.15) is 0 Å². The van der Waals surface area contributed by atoms with Gasteiger partial charge in [0.15, 0.2) is 11.6 Å². The van der Waals surface area contributed by atoms with Crippen LogP contribution in [-0.4, -0.2) is 16.6 Å². The molecule has 6 heteroatoms. The van der Waals surface area contributed by atoms with E-state index in [2.05, 4.69) is 10.3 Å². The normalized spacial score (nSPS) is 12.2. The minimum Gasteiger partial charge on any atom is -0.399 e. The molecule has 0 saturated heterocycles. The number of aromatic nitrogens is 1. The van der Waals surface area contributed by atoms with Crippen molar-refractivity contribution in [2.45, 2.75) is 6.10 Å². The number of aliphatic hydroxyl groups is 1. The smallest absolute Gasteiger partial charge is 0.166 e. The first kappa shape index (κ1) is 13.6. The number of nitrogens with two attached hydrogens (primary N) is 1. The maximum Gasteiger partial charge on any atom is 0.166 e. The van der Waals surface area contributed by atoms with E-state index in [1.165, 1.54) is 6.20 Å². The third-order valence-electron chi connectivity index (χ3n) is 2.59. The van der Waals surface area contributed by atoms with Gasteiger partial charge in [-0.2, -0.15) is 0 Å². The second kappa shape index (κ2) is 5.86. The molecule has 19 heavy (non-hydrogen) atoms. The Morgan fingerprint density at radius 2 is 2.05 bits per heavy atom. The molecule has 4 N–H and O–H groups in total. The second-order valence-electron chi connectivity index (χ2n) is 4.05. The van der Waals surface area contributed by atoms with Crippen molar-refractivity contribution in [3.05, 3.63) is 52.9 Å². The summed E-state index contributed by atoms with van der Waals surface area (Å²) < 4.78 is 13.4. The van der Waals surface area contributed by atoms with Gasteiger partial charge in [-0.15, -0.1) is 0 Å². The SMILES string of the molecule is Nc1ccc(C(O)CNc2ncc(Cl)cc2F)cc1. The number of halogens is 2. The molecule has 4 nitrogen and oxygen atoms in total. The highest BCUT2D eigenvalue weighted by Crippen LogP contribution is 2.18. The molecule has 100 valence electrons. The topological polar surface area (TPSA) is 71.2 Å². The number of nitrogens with one attached hydrogen (secondary N) is 1. The summed E-state index contributed by atoms with van der Waals surface area (Å²) in [6.45, 7) is 0.134. The molecular formula is C13H13ClFN3O. The number of aliphatic hydroxyl groups excluding tert-OH is 1. The summed E-state index contributed by atoms with van der Waals surface area (Å²) in [6, 6.07) is 7.98. The fourth-order valence-electron chi connectivity index (χ4n) is 1.57. The standard InChI is InChI=1S/C13H13ClFN3O/c14-9-5-11(15)13(17-6-9)18-7-12(19)8-1-3-10(16)4-2-8/h1-6,12,19H,7,16H2,(H,17,18). The van der Waals surface area contributed by atoms with Gasteiger partial charge in [0.05, 0.1) is 11.1 Å². The molecule has 2 rings (SSSR count). The number of hydrogen-bond acceptors (Lipinski definition) is 4. The Bertz CT molecular complexity index is 562. The highest BCUT2D eigenvalue weighted by Gasteiger charge is 2.09. The Balaban J connectivity index is 2.00. The second-order valence-corrected chi connectivity index (χ2v) is 4.48. The van der Waals surface area contributed by atoms with Gasteiger partial charge in [0, 0.05) is 18.4 Å². The summed E-state index contributed by atoms with van der Waals surface area (Å²) in [5, 5.41) is 12.9. The monoisotopic (exact) mass is 281 g/mol. The van der Waals surface area contributed by atoms with Crippen LogP contribution < -0.4 is 11.1 Å². The molecule has 1 unspecified atom stereocenters. The number of nitrogens with zero attached hydrogens (tertiary/aromatic N) is 1. The summed E-state index contributed by atoms with van der Waals surface area (Å²) in [6.07, 6.45) is 0.556. The summed E-state index contributed by atoms with van der Waals surface area (Å²) in [7, 11) is 0. The van der Waals surface area contributed by atoms with Crippen LogP contribution in [0.15, 0.2) is 36.5 Å². The van der Waals surface area contributed by atoms with E-state index in [9.17, 15) is 9.50 Å². The van der Waals surface area contributed by atoms with Gasteiger partial charge in [-0.1, -0.05) is 23.7 Å². The highest BCUT2D eigenvalue weighted by molar-refractivity contribution is 6.30. The third-order valence-corrected chi connectivity index (χ3v) is 2.80. The quantitative estimate of drug-likeness (QED) is 0.754. The Morgan fingerprint density at radius 3 is 2.68 bits per heavy atom. The summed E-state index contributed by atoms with van der Waals surface area (Å²) >= 11 is 5.60. The Labute approximate surface area is 115 Å². The number of rotatable bonds is 4. The number of pyridine rings is 1. The van der Waals surface area contributed by atoms with E-state index in [0.717, 1.165) is 6.07 Å². The molecule has 0 aliphatic carbocycles. The molecule has 2 aromatic rings. The van der Waals surface area contributed by atoms with Gasteiger partial charge in [0.25, 0.3) is 0 Å². The van der Waals surface area contributed by atoms with Crippen molar-refractivity contribution in [2.75, 3.05) is 17.6 Å². The molecule has 0 radical (unpaired) electrons. The predicted octanol–water partition coefficient (Wildman–Crippen LogP) is 2.60. The first-order valence-corrected chi connectivity index (χ1v) is 6.02. The lowest BCUT2D eigenvalue weighted by molar-refractivity contribution is 0.191. The van der Waals surface area contributed by atoms with E-state index >= 15 is 0 Å².